The first-order valence-corrected chi connectivity index (χ1v) is 11.5. The SMILES string of the molecule is CCCCCOc1ccc(-c2ccc(CCc3ccc(CCCC)cc3)cc2)nc1. The maximum atomic E-state index is 5.76. The molecule has 0 spiro atoms. The highest BCUT2D eigenvalue weighted by atomic mass is 16.5. The predicted molar refractivity (Wildman–Crippen MR) is 127 cm³/mol. The van der Waals surface area contributed by atoms with E-state index in [0.717, 1.165) is 42.9 Å². The molecule has 1 aromatic heterocycles. The molecule has 0 fully saturated rings. The van der Waals surface area contributed by atoms with Crippen molar-refractivity contribution >= 4 is 0 Å². The van der Waals surface area contributed by atoms with Crippen LogP contribution in [0.1, 0.15) is 62.6 Å². The fourth-order valence-corrected chi connectivity index (χ4v) is 3.56. The number of pyridine rings is 1. The lowest BCUT2D eigenvalue weighted by Crippen LogP contribution is -1.97. The van der Waals surface area contributed by atoms with E-state index in [1.807, 2.05) is 18.3 Å². The van der Waals surface area contributed by atoms with E-state index in [2.05, 4.69) is 67.4 Å². The summed E-state index contributed by atoms with van der Waals surface area (Å²) in [6, 6.07) is 22.0. The van der Waals surface area contributed by atoms with Gasteiger partial charge < -0.3 is 4.74 Å². The van der Waals surface area contributed by atoms with Gasteiger partial charge in [0.1, 0.15) is 5.75 Å². The van der Waals surface area contributed by atoms with Crippen molar-refractivity contribution in [3.8, 4) is 17.0 Å². The van der Waals surface area contributed by atoms with Crippen LogP contribution in [0.2, 0.25) is 0 Å². The Kier molecular flexibility index (Phi) is 8.96. The minimum atomic E-state index is 0.769. The number of ether oxygens (including phenoxy) is 1. The highest BCUT2D eigenvalue weighted by molar-refractivity contribution is 5.59. The number of benzene rings is 2. The summed E-state index contributed by atoms with van der Waals surface area (Å²) < 4.78 is 5.76. The largest absolute Gasteiger partial charge is 0.492 e. The number of hydrogen-bond donors (Lipinski definition) is 0. The second-order valence-corrected chi connectivity index (χ2v) is 8.05. The molecule has 0 bridgehead atoms. The second kappa shape index (κ2) is 12.2. The van der Waals surface area contributed by atoms with Gasteiger partial charge in [-0.1, -0.05) is 81.6 Å². The predicted octanol–water partition coefficient (Wildman–Crippen LogP) is 7.45. The van der Waals surface area contributed by atoms with E-state index < -0.39 is 0 Å². The van der Waals surface area contributed by atoms with Crippen LogP contribution in [0.5, 0.6) is 5.75 Å². The standard InChI is InChI=1S/C28H35NO/c1-3-5-7-21-30-27-19-20-28(29-22-27)26-17-15-25(16-18-26)14-13-24-11-9-23(10-12-24)8-6-4-2/h9-12,15-20,22H,3-8,13-14,21H2,1-2H3. The number of aryl methyl sites for hydroxylation is 3. The zero-order valence-electron chi connectivity index (χ0n) is 18.6. The molecule has 2 aromatic carbocycles. The summed E-state index contributed by atoms with van der Waals surface area (Å²) >= 11 is 0. The Labute approximate surface area is 182 Å². The van der Waals surface area contributed by atoms with Gasteiger partial charge in [0, 0.05) is 5.56 Å². The molecule has 0 amide bonds. The highest BCUT2D eigenvalue weighted by Crippen LogP contribution is 2.21. The summed E-state index contributed by atoms with van der Waals surface area (Å²) in [6.45, 7) is 5.22. The summed E-state index contributed by atoms with van der Waals surface area (Å²) in [4.78, 5) is 4.58. The van der Waals surface area contributed by atoms with Crippen LogP contribution in [0.25, 0.3) is 11.3 Å². The normalized spacial score (nSPS) is 10.9. The topological polar surface area (TPSA) is 22.1 Å². The average Bonchev–Trinajstić information content (AvgIpc) is 2.81. The van der Waals surface area contributed by atoms with Crippen molar-refractivity contribution in [1.29, 1.82) is 0 Å². The van der Waals surface area contributed by atoms with Gasteiger partial charge in [0.25, 0.3) is 0 Å². The molecule has 1 heterocycles. The van der Waals surface area contributed by atoms with Crippen LogP contribution in [-0.2, 0) is 19.3 Å². The molecule has 0 unspecified atom stereocenters. The molecule has 0 aliphatic rings. The van der Waals surface area contributed by atoms with Crippen molar-refractivity contribution in [2.45, 2.75) is 65.2 Å². The van der Waals surface area contributed by atoms with Crippen molar-refractivity contribution in [3.63, 3.8) is 0 Å². The first-order valence-electron chi connectivity index (χ1n) is 11.5. The molecule has 0 saturated heterocycles. The van der Waals surface area contributed by atoms with Gasteiger partial charge in [0.2, 0.25) is 0 Å². The second-order valence-electron chi connectivity index (χ2n) is 8.05. The number of aromatic nitrogens is 1. The van der Waals surface area contributed by atoms with Gasteiger partial charge in [-0.25, -0.2) is 0 Å². The Morgan fingerprint density at radius 2 is 1.23 bits per heavy atom. The van der Waals surface area contributed by atoms with Gasteiger partial charge in [-0.05, 0) is 60.9 Å². The van der Waals surface area contributed by atoms with Crippen LogP contribution in [0.3, 0.4) is 0 Å². The smallest absolute Gasteiger partial charge is 0.137 e. The molecule has 0 atom stereocenters. The number of hydrogen-bond acceptors (Lipinski definition) is 2. The Bertz CT molecular complexity index is 851. The quantitative estimate of drug-likeness (QED) is 0.294. The van der Waals surface area contributed by atoms with E-state index in [9.17, 15) is 0 Å². The lowest BCUT2D eigenvalue weighted by atomic mass is 10.0. The Morgan fingerprint density at radius 3 is 1.80 bits per heavy atom. The highest BCUT2D eigenvalue weighted by Gasteiger charge is 2.02. The van der Waals surface area contributed by atoms with Gasteiger partial charge in [0.15, 0.2) is 0 Å². The van der Waals surface area contributed by atoms with E-state index in [-0.39, 0.29) is 0 Å². The Morgan fingerprint density at radius 1 is 0.633 bits per heavy atom. The van der Waals surface area contributed by atoms with Crippen molar-refractivity contribution in [3.05, 3.63) is 83.6 Å². The minimum Gasteiger partial charge on any atom is -0.492 e. The third kappa shape index (κ3) is 7.02. The lowest BCUT2D eigenvalue weighted by Gasteiger charge is -2.08. The zero-order valence-corrected chi connectivity index (χ0v) is 18.6. The van der Waals surface area contributed by atoms with E-state index in [0.29, 0.717) is 0 Å². The first-order chi connectivity index (χ1) is 14.8. The summed E-state index contributed by atoms with van der Waals surface area (Å²) in [5.41, 5.74) is 6.37. The van der Waals surface area contributed by atoms with Crippen LogP contribution in [0, 0.1) is 0 Å². The van der Waals surface area contributed by atoms with E-state index in [1.54, 1.807) is 0 Å². The fourth-order valence-electron chi connectivity index (χ4n) is 3.56. The molecule has 30 heavy (non-hydrogen) atoms. The van der Waals surface area contributed by atoms with Crippen molar-refractivity contribution in [2.75, 3.05) is 6.61 Å². The molecule has 0 aliphatic heterocycles. The van der Waals surface area contributed by atoms with Crippen molar-refractivity contribution < 1.29 is 4.74 Å². The molecule has 2 heteroatoms. The van der Waals surface area contributed by atoms with Crippen LogP contribution >= 0.6 is 0 Å². The Balaban J connectivity index is 1.49. The van der Waals surface area contributed by atoms with E-state index in [1.165, 1.54) is 48.8 Å². The van der Waals surface area contributed by atoms with Crippen LogP contribution in [0.15, 0.2) is 66.9 Å². The molecular weight excluding hydrogens is 366 g/mol. The van der Waals surface area contributed by atoms with Gasteiger partial charge >= 0.3 is 0 Å². The van der Waals surface area contributed by atoms with Crippen LogP contribution in [0.4, 0.5) is 0 Å². The molecule has 0 N–H and O–H groups in total. The van der Waals surface area contributed by atoms with Gasteiger partial charge in [-0.3, -0.25) is 4.98 Å². The first kappa shape index (κ1) is 22.1. The summed E-state index contributed by atoms with van der Waals surface area (Å²) in [7, 11) is 0. The Hall–Kier alpha value is -2.61. The molecule has 0 aliphatic carbocycles. The molecule has 158 valence electrons. The molecule has 3 aromatic rings. The average molecular weight is 402 g/mol. The van der Waals surface area contributed by atoms with Crippen LogP contribution < -0.4 is 4.74 Å². The van der Waals surface area contributed by atoms with Crippen LogP contribution in [-0.4, -0.2) is 11.6 Å². The number of rotatable bonds is 12. The number of unbranched alkanes of at least 4 members (excludes halogenated alkanes) is 3. The van der Waals surface area contributed by atoms with E-state index >= 15 is 0 Å². The van der Waals surface area contributed by atoms with Gasteiger partial charge in [0.05, 0.1) is 18.5 Å². The summed E-state index contributed by atoms with van der Waals surface area (Å²) in [5, 5.41) is 0. The monoisotopic (exact) mass is 401 g/mol. The molecule has 0 saturated carbocycles. The summed E-state index contributed by atoms with van der Waals surface area (Å²) in [6.07, 6.45) is 11.2. The maximum absolute atomic E-state index is 5.76. The summed E-state index contributed by atoms with van der Waals surface area (Å²) in [5.74, 6) is 0.854. The van der Waals surface area contributed by atoms with Gasteiger partial charge in [-0.2, -0.15) is 0 Å². The van der Waals surface area contributed by atoms with Crippen molar-refractivity contribution in [2.24, 2.45) is 0 Å². The zero-order chi connectivity index (χ0) is 21.0. The van der Waals surface area contributed by atoms with E-state index in [4.69, 9.17) is 4.74 Å². The molecule has 3 rings (SSSR count). The molecule has 2 nitrogen and oxygen atoms in total. The third-order valence-corrected chi connectivity index (χ3v) is 5.55. The lowest BCUT2D eigenvalue weighted by molar-refractivity contribution is 0.305. The third-order valence-electron chi connectivity index (χ3n) is 5.55. The minimum absolute atomic E-state index is 0.769. The van der Waals surface area contributed by atoms with Crippen molar-refractivity contribution in [1.82, 2.24) is 4.98 Å². The fraction of sp³-hybridized carbons (Fsp3) is 0.393. The van der Waals surface area contributed by atoms with Gasteiger partial charge in [-0.15, -0.1) is 0 Å². The molecule has 0 radical (unpaired) electrons. The number of nitrogens with zero attached hydrogens (tertiary/aromatic N) is 1. The maximum Gasteiger partial charge on any atom is 0.137 e. The molecular formula is C28H35NO.